The molecule has 18 heavy (non-hydrogen) atoms. The Morgan fingerprint density at radius 2 is 2.06 bits per heavy atom. The fraction of sp³-hybridized carbons (Fsp3) is 0.385. The molecule has 0 unspecified atom stereocenters. The molecule has 96 valence electrons. The van der Waals surface area contributed by atoms with E-state index < -0.39 is 0 Å². The molecular formula is C13H16ClN3O. The van der Waals surface area contributed by atoms with E-state index in [2.05, 4.69) is 10.2 Å². The first-order valence-corrected chi connectivity index (χ1v) is 6.23. The molecule has 0 bridgehead atoms. The summed E-state index contributed by atoms with van der Waals surface area (Å²) in [5, 5.41) is 18.2. The van der Waals surface area contributed by atoms with E-state index in [1.165, 1.54) is 0 Å². The molecule has 1 N–H and O–H groups in total. The van der Waals surface area contributed by atoms with Crippen LogP contribution in [-0.2, 0) is 6.61 Å². The van der Waals surface area contributed by atoms with Crippen LogP contribution in [0.4, 0.5) is 0 Å². The van der Waals surface area contributed by atoms with Crippen molar-refractivity contribution in [2.24, 2.45) is 0 Å². The third-order valence-corrected chi connectivity index (χ3v) is 3.09. The number of hydrogen-bond donors (Lipinski definition) is 1. The van der Waals surface area contributed by atoms with Crippen molar-refractivity contribution in [3.8, 4) is 11.4 Å². The minimum atomic E-state index is -0.113. The lowest BCUT2D eigenvalue weighted by Gasteiger charge is -2.14. The van der Waals surface area contributed by atoms with Gasteiger partial charge in [-0.15, -0.1) is 10.2 Å². The first-order chi connectivity index (χ1) is 8.54. The number of benzene rings is 1. The van der Waals surface area contributed by atoms with E-state index in [0.717, 1.165) is 17.0 Å². The van der Waals surface area contributed by atoms with Crippen molar-refractivity contribution >= 4 is 11.6 Å². The number of nitrogens with zero attached hydrogens (tertiary/aromatic N) is 3. The van der Waals surface area contributed by atoms with Gasteiger partial charge in [0.25, 0.3) is 0 Å². The maximum atomic E-state index is 9.30. The highest BCUT2D eigenvalue weighted by molar-refractivity contribution is 6.30. The lowest BCUT2D eigenvalue weighted by molar-refractivity contribution is 0.262. The zero-order valence-corrected chi connectivity index (χ0v) is 11.4. The van der Waals surface area contributed by atoms with Crippen LogP contribution in [0.2, 0.25) is 5.02 Å². The van der Waals surface area contributed by atoms with Crippen LogP contribution in [0.5, 0.6) is 0 Å². The van der Waals surface area contributed by atoms with Crippen molar-refractivity contribution in [1.82, 2.24) is 14.8 Å². The molecule has 0 atom stereocenters. The molecule has 2 aromatic rings. The Bertz CT molecular complexity index is 563. The number of aryl methyl sites for hydroxylation is 1. The van der Waals surface area contributed by atoms with E-state index in [4.69, 9.17) is 11.6 Å². The minimum Gasteiger partial charge on any atom is -0.388 e. The second-order valence-corrected chi connectivity index (χ2v) is 4.96. The Hall–Kier alpha value is -1.39. The predicted octanol–water partition coefficient (Wildman–Crippen LogP) is 2.98. The molecule has 0 radical (unpaired) electrons. The number of hydrogen-bond acceptors (Lipinski definition) is 3. The summed E-state index contributed by atoms with van der Waals surface area (Å²) in [5.41, 5.74) is 2.03. The normalized spacial score (nSPS) is 11.2. The molecule has 0 amide bonds. The summed E-state index contributed by atoms with van der Waals surface area (Å²) in [7, 11) is 0. The minimum absolute atomic E-state index is 0.113. The van der Waals surface area contributed by atoms with E-state index in [-0.39, 0.29) is 12.6 Å². The van der Waals surface area contributed by atoms with Crippen LogP contribution >= 0.6 is 11.6 Å². The standard InChI is InChI=1S/C13H16ClN3O/c1-8(2)17-12(7-18)15-16-13(17)11-5-4-10(14)6-9(11)3/h4-6,8,18H,7H2,1-3H3. The molecule has 0 saturated heterocycles. The highest BCUT2D eigenvalue weighted by Crippen LogP contribution is 2.27. The Morgan fingerprint density at radius 1 is 1.33 bits per heavy atom. The smallest absolute Gasteiger partial charge is 0.164 e. The van der Waals surface area contributed by atoms with Crippen LogP contribution in [0.3, 0.4) is 0 Å². The van der Waals surface area contributed by atoms with Crippen LogP contribution in [0, 0.1) is 6.92 Å². The van der Waals surface area contributed by atoms with Gasteiger partial charge in [0.15, 0.2) is 11.6 Å². The molecular weight excluding hydrogens is 250 g/mol. The Kier molecular flexibility index (Phi) is 3.68. The summed E-state index contributed by atoms with van der Waals surface area (Å²) in [6.07, 6.45) is 0. The van der Waals surface area contributed by atoms with E-state index in [1.54, 1.807) is 0 Å². The van der Waals surface area contributed by atoms with Gasteiger partial charge in [-0.05, 0) is 44.5 Å². The Labute approximate surface area is 111 Å². The lowest BCUT2D eigenvalue weighted by atomic mass is 10.1. The van der Waals surface area contributed by atoms with Crippen LogP contribution in [-0.4, -0.2) is 19.9 Å². The van der Waals surface area contributed by atoms with Crippen LogP contribution in [0.25, 0.3) is 11.4 Å². The van der Waals surface area contributed by atoms with Gasteiger partial charge in [-0.3, -0.25) is 0 Å². The zero-order chi connectivity index (χ0) is 13.3. The monoisotopic (exact) mass is 265 g/mol. The van der Waals surface area contributed by atoms with Gasteiger partial charge >= 0.3 is 0 Å². The van der Waals surface area contributed by atoms with E-state index >= 15 is 0 Å². The van der Waals surface area contributed by atoms with E-state index in [9.17, 15) is 5.11 Å². The third-order valence-electron chi connectivity index (χ3n) is 2.85. The zero-order valence-electron chi connectivity index (χ0n) is 10.7. The largest absolute Gasteiger partial charge is 0.388 e. The molecule has 4 nitrogen and oxygen atoms in total. The summed E-state index contributed by atoms with van der Waals surface area (Å²) in [6.45, 7) is 5.95. The van der Waals surface area contributed by atoms with Crippen LogP contribution in [0.1, 0.15) is 31.3 Å². The average molecular weight is 266 g/mol. The van der Waals surface area contributed by atoms with Gasteiger partial charge in [-0.1, -0.05) is 11.6 Å². The fourth-order valence-corrected chi connectivity index (χ4v) is 2.26. The first kappa shape index (κ1) is 13.1. The first-order valence-electron chi connectivity index (χ1n) is 5.85. The number of rotatable bonds is 3. The van der Waals surface area contributed by atoms with Gasteiger partial charge in [-0.2, -0.15) is 0 Å². The van der Waals surface area contributed by atoms with E-state index in [0.29, 0.717) is 10.8 Å². The van der Waals surface area contributed by atoms with Crippen molar-refractivity contribution in [1.29, 1.82) is 0 Å². The quantitative estimate of drug-likeness (QED) is 0.928. The fourth-order valence-electron chi connectivity index (χ4n) is 2.04. The maximum absolute atomic E-state index is 9.30. The van der Waals surface area contributed by atoms with Gasteiger partial charge < -0.3 is 9.67 Å². The summed E-state index contributed by atoms with van der Waals surface area (Å²) < 4.78 is 1.94. The molecule has 1 heterocycles. The molecule has 1 aromatic carbocycles. The number of aromatic nitrogens is 3. The molecule has 0 saturated carbocycles. The topological polar surface area (TPSA) is 50.9 Å². The number of aliphatic hydroxyl groups excluding tert-OH is 1. The van der Waals surface area contributed by atoms with Crippen molar-refractivity contribution in [2.45, 2.75) is 33.4 Å². The van der Waals surface area contributed by atoms with Crippen LogP contribution < -0.4 is 0 Å². The molecule has 5 heteroatoms. The molecule has 0 aliphatic carbocycles. The molecule has 2 rings (SSSR count). The number of halogens is 1. The highest BCUT2D eigenvalue weighted by Gasteiger charge is 2.16. The second-order valence-electron chi connectivity index (χ2n) is 4.52. The lowest BCUT2D eigenvalue weighted by Crippen LogP contribution is -2.08. The highest BCUT2D eigenvalue weighted by atomic mass is 35.5. The molecule has 0 spiro atoms. The Balaban J connectivity index is 2.60. The van der Waals surface area contributed by atoms with E-state index in [1.807, 2.05) is 43.5 Å². The van der Waals surface area contributed by atoms with Crippen molar-refractivity contribution in [3.63, 3.8) is 0 Å². The van der Waals surface area contributed by atoms with Gasteiger partial charge in [-0.25, -0.2) is 0 Å². The maximum Gasteiger partial charge on any atom is 0.164 e. The predicted molar refractivity (Wildman–Crippen MR) is 71.5 cm³/mol. The van der Waals surface area contributed by atoms with Gasteiger partial charge in [0.05, 0.1) is 0 Å². The van der Waals surface area contributed by atoms with Crippen LogP contribution in [0.15, 0.2) is 18.2 Å². The summed E-state index contributed by atoms with van der Waals surface area (Å²) in [5.74, 6) is 1.34. The summed E-state index contributed by atoms with van der Waals surface area (Å²) in [4.78, 5) is 0. The van der Waals surface area contributed by atoms with Gasteiger partial charge in [0.2, 0.25) is 0 Å². The average Bonchev–Trinajstić information content (AvgIpc) is 2.72. The number of aliphatic hydroxyl groups is 1. The summed E-state index contributed by atoms with van der Waals surface area (Å²) >= 11 is 5.96. The Morgan fingerprint density at radius 3 is 2.61 bits per heavy atom. The van der Waals surface area contributed by atoms with Crippen molar-refractivity contribution in [2.75, 3.05) is 0 Å². The van der Waals surface area contributed by atoms with Crippen molar-refractivity contribution in [3.05, 3.63) is 34.6 Å². The molecule has 0 fully saturated rings. The van der Waals surface area contributed by atoms with Gasteiger partial charge in [0.1, 0.15) is 6.61 Å². The SMILES string of the molecule is Cc1cc(Cl)ccc1-c1nnc(CO)n1C(C)C. The molecule has 0 aliphatic heterocycles. The third kappa shape index (κ3) is 2.26. The second kappa shape index (κ2) is 5.08. The summed E-state index contributed by atoms with van der Waals surface area (Å²) in [6, 6.07) is 5.85. The van der Waals surface area contributed by atoms with Gasteiger partial charge in [0, 0.05) is 16.6 Å². The molecule has 0 aliphatic rings. The van der Waals surface area contributed by atoms with Crippen molar-refractivity contribution < 1.29 is 5.11 Å². The molecule has 1 aromatic heterocycles.